The lowest BCUT2D eigenvalue weighted by Gasteiger charge is -2.16. The molecule has 3 N–H and O–H groups in total. The summed E-state index contributed by atoms with van der Waals surface area (Å²) in [5.41, 5.74) is 4.21. The second-order valence-electron chi connectivity index (χ2n) is 6.94. The van der Waals surface area contributed by atoms with Crippen LogP contribution in [-0.4, -0.2) is 16.6 Å². The van der Waals surface area contributed by atoms with Crippen LogP contribution in [0.3, 0.4) is 0 Å². The van der Waals surface area contributed by atoms with E-state index in [0.717, 1.165) is 32.3 Å². The minimum absolute atomic E-state index is 0.218. The van der Waals surface area contributed by atoms with E-state index in [1.165, 1.54) is 0 Å². The van der Waals surface area contributed by atoms with Gasteiger partial charge in [-0.05, 0) is 60.5 Å². The van der Waals surface area contributed by atoms with Gasteiger partial charge in [-0.25, -0.2) is 4.79 Å². The first-order chi connectivity index (χ1) is 15.0. The zero-order valence-electron chi connectivity index (χ0n) is 16.8. The van der Waals surface area contributed by atoms with Gasteiger partial charge >= 0.3 is 5.69 Å². The number of H-pyrrole nitrogens is 2. The fourth-order valence-electron chi connectivity index (χ4n) is 3.22. The quantitative estimate of drug-likeness (QED) is 0.282. The fraction of sp³-hybridized carbons (Fsp3) is 0.174. The number of fused-ring (bicyclic) bond motifs is 1. The van der Waals surface area contributed by atoms with Gasteiger partial charge < -0.3 is 24.8 Å². The van der Waals surface area contributed by atoms with Crippen molar-refractivity contribution in [3.05, 3.63) is 85.7 Å². The maximum Gasteiger partial charge on any atom is 0.323 e. The molecule has 8 heteroatoms. The van der Waals surface area contributed by atoms with Gasteiger partial charge in [0.25, 0.3) is 0 Å². The van der Waals surface area contributed by atoms with Gasteiger partial charge in [0.2, 0.25) is 0 Å². The van der Waals surface area contributed by atoms with E-state index in [-0.39, 0.29) is 5.69 Å². The van der Waals surface area contributed by atoms with Gasteiger partial charge in [0.05, 0.1) is 17.6 Å². The predicted molar refractivity (Wildman–Crippen MR) is 127 cm³/mol. The monoisotopic (exact) mass is 501 g/mol. The van der Waals surface area contributed by atoms with Crippen LogP contribution < -0.4 is 20.5 Å². The smallest absolute Gasteiger partial charge is 0.323 e. The number of halogens is 2. The number of ether oxygens (including phenoxy) is 2. The van der Waals surface area contributed by atoms with Gasteiger partial charge in [-0.2, -0.15) is 0 Å². The fourth-order valence-corrected chi connectivity index (χ4v) is 3.90. The number of nitrogens with one attached hydrogen (secondary N) is 3. The lowest BCUT2D eigenvalue weighted by atomic mass is 10.2. The number of benzene rings is 3. The molecule has 0 aliphatic heterocycles. The van der Waals surface area contributed by atoms with Crippen LogP contribution >= 0.6 is 27.5 Å². The molecule has 3 aromatic carbocycles. The van der Waals surface area contributed by atoms with Crippen molar-refractivity contribution in [3.8, 4) is 11.5 Å². The van der Waals surface area contributed by atoms with E-state index in [9.17, 15) is 4.79 Å². The van der Waals surface area contributed by atoms with Crippen molar-refractivity contribution >= 4 is 44.3 Å². The Morgan fingerprint density at radius 3 is 2.61 bits per heavy atom. The van der Waals surface area contributed by atoms with E-state index in [0.29, 0.717) is 36.3 Å². The van der Waals surface area contributed by atoms with Crippen molar-refractivity contribution < 1.29 is 9.47 Å². The molecular weight excluding hydrogens is 482 g/mol. The Kier molecular flexibility index (Phi) is 6.53. The molecular formula is C23H21BrClN3O3. The summed E-state index contributed by atoms with van der Waals surface area (Å²) < 4.78 is 12.7. The van der Waals surface area contributed by atoms with Gasteiger partial charge in [-0.15, -0.1) is 0 Å². The molecule has 0 spiro atoms. The second-order valence-corrected chi connectivity index (χ2v) is 8.23. The van der Waals surface area contributed by atoms with Crippen molar-refractivity contribution in [1.29, 1.82) is 0 Å². The zero-order valence-corrected chi connectivity index (χ0v) is 19.1. The summed E-state index contributed by atoms with van der Waals surface area (Å²) in [6.45, 7) is 3.42. The third kappa shape index (κ3) is 5.24. The first-order valence-corrected chi connectivity index (χ1v) is 11.0. The zero-order chi connectivity index (χ0) is 21.8. The SMILES string of the molecule is CCOc1cc(CNc2ccc3[nH]c(=O)[nH]c3c2)c(Br)cc1OCc1cccc(Cl)c1. The van der Waals surface area contributed by atoms with Crippen molar-refractivity contribution in [2.75, 3.05) is 11.9 Å². The van der Waals surface area contributed by atoms with Gasteiger partial charge in [-0.1, -0.05) is 39.7 Å². The molecule has 1 heterocycles. The number of imidazole rings is 1. The summed E-state index contributed by atoms with van der Waals surface area (Å²) in [5, 5.41) is 4.06. The van der Waals surface area contributed by atoms with Crippen LogP contribution in [0.5, 0.6) is 11.5 Å². The van der Waals surface area contributed by atoms with Crippen LogP contribution in [0.1, 0.15) is 18.1 Å². The third-order valence-electron chi connectivity index (χ3n) is 4.69. The molecule has 0 radical (unpaired) electrons. The molecule has 0 aliphatic rings. The Morgan fingerprint density at radius 2 is 1.81 bits per heavy atom. The standard InChI is InChI=1S/C23H21BrClN3O3/c1-2-30-21-9-15(12-26-17-6-7-19-20(10-17)28-23(29)27-19)18(24)11-22(21)31-13-14-4-3-5-16(25)8-14/h3-11,26H,2,12-13H2,1H3,(H2,27,28,29). The molecule has 31 heavy (non-hydrogen) atoms. The van der Waals surface area contributed by atoms with Crippen molar-refractivity contribution in [1.82, 2.24) is 9.97 Å². The molecule has 0 saturated carbocycles. The van der Waals surface area contributed by atoms with Gasteiger partial charge in [-0.3, -0.25) is 0 Å². The van der Waals surface area contributed by atoms with Crippen LogP contribution in [0.25, 0.3) is 11.0 Å². The largest absolute Gasteiger partial charge is 0.490 e. The summed E-state index contributed by atoms with van der Waals surface area (Å²) in [5.74, 6) is 1.33. The number of anilines is 1. The van der Waals surface area contributed by atoms with Crippen molar-refractivity contribution in [3.63, 3.8) is 0 Å². The molecule has 6 nitrogen and oxygen atoms in total. The third-order valence-corrected chi connectivity index (χ3v) is 5.67. The summed E-state index contributed by atoms with van der Waals surface area (Å²) >= 11 is 9.70. The highest BCUT2D eigenvalue weighted by Gasteiger charge is 2.12. The molecule has 4 aromatic rings. The van der Waals surface area contributed by atoms with Crippen molar-refractivity contribution in [2.24, 2.45) is 0 Å². The van der Waals surface area contributed by atoms with Crippen molar-refractivity contribution in [2.45, 2.75) is 20.1 Å². The Hall–Kier alpha value is -2.90. The van der Waals surface area contributed by atoms with Gasteiger partial charge in [0.15, 0.2) is 11.5 Å². The highest BCUT2D eigenvalue weighted by molar-refractivity contribution is 9.10. The molecule has 0 amide bonds. The van der Waals surface area contributed by atoms with E-state index >= 15 is 0 Å². The summed E-state index contributed by atoms with van der Waals surface area (Å²) in [6, 6.07) is 17.1. The number of hydrogen-bond donors (Lipinski definition) is 3. The molecule has 0 saturated heterocycles. The van der Waals surface area contributed by atoms with Gasteiger partial charge in [0, 0.05) is 21.7 Å². The van der Waals surface area contributed by atoms with Crippen LogP contribution in [0, 0.1) is 0 Å². The molecule has 160 valence electrons. The highest BCUT2D eigenvalue weighted by atomic mass is 79.9. The lowest BCUT2D eigenvalue weighted by molar-refractivity contribution is 0.269. The van der Waals surface area contributed by atoms with Crippen LogP contribution in [0.15, 0.2) is 63.9 Å². The van der Waals surface area contributed by atoms with E-state index in [4.69, 9.17) is 21.1 Å². The minimum Gasteiger partial charge on any atom is -0.490 e. The predicted octanol–water partition coefficient (Wildman–Crippen LogP) is 5.86. The molecule has 0 fully saturated rings. The van der Waals surface area contributed by atoms with E-state index in [1.54, 1.807) is 0 Å². The van der Waals surface area contributed by atoms with Crippen LogP contribution in [0.4, 0.5) is 5.69 Å². The average molecular weight is 503 g/mol. The molecule has 0 aliphatic carbocycles. The van der Waals surface area contributed by atoms with E-state index in [2.05, 4.69) is 31.2 Å². The Morgan fingerprint density at radius 1 is 1.00 bits per heavy atom. The summed E-state index contributed by atoms with van der Waals surface area (Å²) in [6.07, 6.45) is 0. The number of rotatable bonds is 8. The molecule has 1 aromatic heterocycles. The number of aromatic nitrogens is 2. The second kappa shape index (κ2) is 9.49. The molecule has 0 unspecified atom stereocenters. The van der Waals surface area contributed by atoms with E-state index in [1.807, 2.05) is 61.5 Å². The van der Waals surface area contributed by atoms with Crippen LogP contribution in [0.2, 0.25) is 5.02 Å². The lowest BCUT2D eigenvalue weighted by Crippen LogP contribution is -2.04. The first-order valence-electron chi connectivity index (χ1n) is 9.80. The minimum atomic E-state index is -0.218. The Balaban J connectivity index is 1.50. The number of hydrogen-bond acceptors (Lipinski definition) is 4. The maximum absolute atomic E-state index is 11.4. The molecule has 0 bridgehead atoms. The highest BCUT2D eigenvalue weighted by Crippen LogP contribution is 2.35. The van der Waals surface area contributed by atoms with E-state index < -0.39 is 0 Å². The normalized spacial score (nSPS) is 10.9. The molecule has 0 atom stereocenters. The molecule has 4 rings (SSSR count). The summed E-state index contributed by atoms with van der Waals surface area (Å²) in [7, 11) is 0. The summed E-state index contributed by atoms with van der Waals surface area (Å²) in [4.78, 5) is 17.0. The maximum atomic E-state index is 11.4. The number of aromatic amines is 2. The first kappa shape index (κ1) is 21.3. The van der Waals surface area contributed by atoms with Crippen LogP contribution in [-0.2, 0) is 13.2 Å². The Bertz CT molecular complexity index is 1270. The Labute approximate surface area is 192 Å². The van der Waals surface area contributed by atoms with Gasteiger partial charge in [0.1, 0.15) is 6.61 Å². The average Bonchev–Trinajstić information content (AvgIpc) is 3.12. The topological polar surface area (TPSA) is 79.1 Å².